The zero-order chi connectivity index (χ0) is 13.4. The SMILES string of the molecule is CCC(=O)C1Cc2c([nH]c3ccccc23)CN1CC. The van der Waals surface area contributed by atoms with Crippen LogP contribution < -0.4 is 0 Å². The number of Topliss-reactive ketones (excluding diaryl/α,β-unsaturated/α-hetero) is 1. The van der Waals surface area contributed by atoms with Crippen LogP contribution in [0.4, 0.5) is 0 Å². The van der Waals surface area contributed by atoms with Gasteiger partial charge in [-0.2, -0.15) is 0 Å². The molecule has 0 amide bonds. The normalized spacial score (nSPS) is 19.6. The Bertz CT molecular complexity index is 614. The molecular weight excluding hydrogens is 236 g/mol. The predicted molar refractivity (Wildman–Crippen MR) is 77.2 cm³/mol. The maximum atomic E-state index is 12.2. The highest BCUT2D eigenvalue weighted by Gasteiger charge is 2.31. The quantitative estimate of drug-likeness (QED) is 0.916. The summed E-state index contributed by atoms with van der Waals surface area (Å²) in [5, 5.41) is 1.28. The number of likely N-dealkylation sites (N-methyl/N-ethyl adjacent to an activating group) is 1. The fraction of sp³-hybridized carbons (Fsp3) is 0.438. The van der Waals surface area contributed by atoms with Crippen molar-refractivity contribution >= 4 is 16.7 Å². The van der Waals surface area contributed by atoms with Crippen LogP contribution in [0.2, 0.25) is 0 Å². The molecule has 2 heterocycles. The summed E-state index contributed by atoms with van der Waals surface area (Å²) in [6.07, 6.45) is 1.47. The van der Waals surface area contributed by atoms with Gasteiger partial charge in [0, 0.05) is 29.6 Å². The van der Waals surface area contributed by atoms with Crippen molar-refractivity contribution in [2.24, 2.45) is 0 Å². The van der Waals surface area contributed by atoms with Crippen molar-refractivity contribution in [1.82, 2.24) is 9.88 Å². The second-order valence-corrected chi connectivity index (χ2v) is 5.23. The van der Waals surface area contributed by atoms with Crippen LogP contribution >= 0.6 is 0 Å². The van der Waals surface area contributed by atoms with E-state index in [9.17, 15) is 4.79 Å². The van der Waals surface area contributed by atoms with Crippen molar-refractivity contribution in [2.45, 2.75) is 39.3 Å². The van der Waals surface area contributed by atoms with Gasteiger partial charge in [-0.3, -0.25) is 9.69 Å². The zero-order valence-electron chi connectivity index (χ0n) is 11.6. The van der Waals surface area contributed by atoms with Gasteiger partial charge in [-0.05, 0) is 24.6 Å². The molecule has 1 unspecified atom stereocenters. The van der Waals surface area contributed by atoms with Crippen molar-refractivity contribution < 1.29 is 4.79 Å². The van der Waals surface area contributed by atoms with E-state index in [1.54, 1.807) is 0 Å². The molecule has 1 aliphatic heterocycles. The molecule has 0 fully saturated rings. The average Bonchev–Trinajstić information content (AvgIpc) is 2.82. The van der Waals surface area contributed by atoms with Gasteiger partial charge in [0.05, 0.1) is 6.04 Å². The number of hydrogen-bond acceptors (Lipinski definition) is 2. The lowest BCUT2D eigenvalue weighted by Gasteiger charge is -2.33. The van der Waals surface area contributed by atoms with E-state index in [1.807, 2.05) is 6.92 Å². The van der Waals surface area contributed by atoms with E-state index in [0.717, 1.165) is 19.5 Å². The number of nitrogens with zero attached hydrogens (tertiary/aromatic N) is 1. The number of aromatic nitrogens is 1. The van der Waals surface area contributed by atoms with Crippen molar-refractivity contribution in [3.8, 4) is 0 Å². The molecule has 0 spiro atoms. The van der Waals surface area contributed by atoms with Crippen LogP contribution in [0.5, 0.6) is 0 Å². The Morgan fingerprint density at radius 2 is 2.16 bits per heavy atom. The van der Waals surface area contributed by atoms with Crippen molar-refractivity contribution in [3.05, 3.63) is 35.5 Å². The Hall–Kier alpha value is -1.61. The van der Waals surface area contributed by atoms with Gasteiger partial charge in [0.1, 0.15) is 5.78 Å². The van der Waals surface area contributed by atoms with Crippen LogP contribution in [-0.2, 0) is 17.8 Å². The highest BCUT2D eigenvalue weighted by Crippen LogP contribution is 2.30. The highest BCUT2D eigenvalue weighted by atomic mass is 16.1. The first kappa shape index (κ1) is 12.4. The third kappa shape index (κ3) is 1.98. The lowest BCUT2D eigenvalue weighted by Crippen LogP contribution is -2.45. The van der Waals surface area contributed by atoms with Crippen molar-refractivity contribution in [3.63, 3.8) is 0 Å². The minimum atomic E-state index is 0.0571. The Kier molecular flexibility index (Phi) is 3.15. The van der Waals surface area contributed by atoms with Crippen molar-refractivity contribution in [2.75, 3.05) is 6.54 Å². The van der Waals surface area contributed by atoms with Gasteiger partial charge in [-0.1, -0.05) is 32.0 Å². The highest BCUT2D eigenvalue weighted by molar-refractivity contribution is 5.88. The Balaban J connectivity index is 2.06. The summed E-state index contributed by atoms with van der Waals surface area (Å²) in [6, 6.07) is 8.44. The smallest absolute Gasteiger partial charge is 0.150 e. The molecule has 1 atom stereocenters. The number of fused-ring (bicyclic) bond motifs is 3. The number of aromatic amines is 1. The van der Waals surface area contributed by atoms with E-state index < -0.39 is 0 Å². The van der Waals surface area contributed by atoms with Crippen LogP contribution in [0.1, 0.15) is 31.5 Å². The summed E-state index contributed by atoms with van der Waals surface area (Å²) in [5.74, 6) is 0.359. The topological polar surface area (TPSA) is 36.1 Å². The molecule has 0 bridgehead atoms. The molecular formula is C16H20N2O. The summed E-state index contributed by atoms with van der Waals surface area (Å²) in [7, 11) is 0. The molecule has 1 aliphatic rings. The molecule has 3 rings (SSSR count). The van der Waals surface area contributed by atoms with Gasteiger partial charge in [0.15, 0.2) is 0 Å². The number of benzene rings is 1. The maximum Gasteiger partial charge on any atom is 0.150 e. The number of para-hydroxylation sites is 1. The summed E-state index contributed by atoms with van der Waals surface area (Å²) < 4.78 is 0. The van der Waals surface area contributed by atoms with E-state index in [2.05, 4.69) is 41.1 Å². The Morgan fingerprint density at radius 3 is 2.89 bits per heavy atom. The predicted octanol–water partition coefficient (Wildman–Crippen LogP) is 2.89. The standard InChI is InChI=1S/C16H20N2O/c1-3-16(19)15-9-12-11-7-5-6-8-13(11)17-14(12)10-18(15)4-2/h5-8,15,17H,3-4,9-10H2,1-2H3. The van der Waals surface area contributed by atoms with Gasteiger partial charge in [-0.15, -0.1) is 0 Å². The van der Waals surface area contributed by atoms with E-state index in [4.69, 9.17) is 0 Å². The van der Waals surface area contributed by atoms with Gasteiger partial charge >= 0.3 is 0 Å². The zero-order valence-corrected chi connectivity index (χ0v) is 11.6. The molecule has 0 aliphatic carbocycles. The molecule has 3 nitrogen and oxygen atoms in total. The summed E-state index contributed by atoms with van der Waals surface area (Å²) >= 11 is 0. The molecule has 19 heavy (non-hydrogen) atoms. The number of H-pyrrole nitrogens is 1. The summed E-state index contributed by atoms with van der Waals surface area (Å²) in [5.41, 5.74) is 3.81. The number of rotatable bonds is 3. The minimum Gasteiger partial charge on any atom is -0.357 e. The fourth-order valence-electron chi connectivity index (χ4n) is 3.14. The Morgan fingerprint density at radius 1 is 1.37 bits per heavy atom. The molecule has 0 saturated carbocycles. The second kappa shape index (κ2) is 4.82. The number of carbonyl (C=O) groups is 1. The summed E-state index contributed by atoms with van der Waals surface area (Å²) in [4.78, 5) is 17.9. The number of carbonyl (C=O) groups excluding carboxylic acids is 1. The largest absolute Gasteiger partial charge is 0.357 e. The third-order valence-electron chi connectivity index (χ3n) is 4.23. The molecule has 3 heteroatoms. The van der Waals surface area contributed by atoms with Crippen LogP contribution in [0.3, 0.4) is 0 Å². The van der Waals surface area contributed by atoms with E-state index >= 15 is 0 Å². The first-order valence-electron chi connectivity index (χ1n) is 7.09. The maximum absolute atomic E-state index is 12.2. The molecule has 2 aromatic rings. The summed E-state index contributed by atoms with van der Waals surface area (Å²) in [6.45, 7) is 5.87. The third-order valence-corrected chi connectivity index (χ3v) is 4.23. The number of ketones is 1. The van der Waals surface area contributed by atoms with Crippen LogP contribution in [-0.4, -0.2) is 28.3 Å². The van der Waals surface area contributed by atoms with E-state index in [-0.39, 0.29) is 6.04 Å². The monoisotopic (exact) mass is 256 g/mol. The fourth-order valence-corrected chi connectivity index (χ4v) is 3.14. The van der Waals surface area contributed by atoms with Crippen LogP contribution in [0.15, 0.2) is 24.3 Å². The molecule has 100 valence electrons. The molecule has 1 aromatic heterocycles. The first-order valence-corrected chi connectivity index (χ1v) is 7.09. The first-order chi connectivity index (χ1) is 9.24. The average molecular weight is 256 g/mol. The molecule has 0 saturated heterocycles. The van der Waals surface area contributed by atoms with Crippen LogP contribution in [0, 0.1) is 0 Å². The molecule has 1 aromatic carbocycles. The van der Waals surface area contributed by atoms with Gasteiger partial charge < -0.3 is 4.98 Å². The minimum absolute atomic E-state index is 0.0571. The molecule has 0 radical (unpaired) electrons. The lowest BCUT2D eigenvalue weighted by molar-refractivity contribution is -0.124. The van der Waals surface area contributed by atoms with E-state index in [0.29, 0.717) is 12.2 Å². The second-order valence-electron chi connectivity index (χ2n) is 5.23. The number of nitrogens with one attached hydrogen (secondary N) is 1. The van der Waals surface area contributed by atoms with Crippen molar-refractivity contribution in [1.29, 1.82) is 0 Å². The van der Waals surface area contributed by atoms with Gasteiger partial charge in [0.2, 0.25) is 0 Å². The van der Waals surface area contributed by atoms with Crippen LogP contribution in [0.25, 0.3) is 10.9 Å². The van der Waals surface area contributed by atoms with Gasteiger partial charge in [-0.25, -0.2) is 0 Å². The lowest BCUT2D eigenvalue weighted by atomic mass is 9.93. The van der Waals surface area contributed by atoms with E-state index in [1.165, 1.54) is 22.2 Å². The number of hydrogen-bond donors (Lipinski definition) is 1. The van der Waals surface area contributed by atoms with Gasteiger partial charge in [0.25, 0.3) is 0 Å². The molecule has 1 N–H and O–H groups in total. The Labute approximate surface area is 113 Å².